The van der Waals surface area contributed by atoms with Crippen LogP contribution in [0.1, 0.15) is 30.4 Å². The molecule has 1 fully saturated rings. The topological polar surface area (TPSA) is 17.1 Å². The van der Waals surface area contributed by atoms with Gasteiger partial charge in [0.05, 0.1) is 5.41 Å². The molecular weight excluding hydrogens is 292 g/mol. The maximum atomic E-state index is 12.9. The number of hydrogen-bond acceptors (Lipinski definition) is 1. The third-order valence-corrected chi connectivity index (χ3v) is 6.37. The molecule has 0 heterocycles. The second-order valence-electron chi connectivity index (χ2n) is 7.06. The molecule has 3 unspecified atom stereocenters. The summed E-state index contributed by atoms with van der Waals surface area (Å²) in [5.74, 6) is 1.45. The second kappa shape index (κ2) is 4.23. The normalized spacial score (nSPS) is 32.1. The molecule has 1 nitrogen and oxygen atoms in total. The summed E-state index contributed by atoms with van der Waals surface area (Å²) in [6, 6.07) is 10.5. The van der Waals surface area contributed by atoms with Crippen LogP contribution in [0, 0.1) is 11.8 Å². The summed E-state index contributed by atoms with van der Waals surface area (Å²) in [7, 11) is 0. The summed E-state index contributed by atoms with van der Waals surface area (Å²) >= 11 is 6.36. The van der Waals surface area contributed by atoms with Crippen LogP contribution in [0.3, 0.4) is 0 Å². The Morgan fingerprint density at radius 3 is 2.82 bits per heavy atom. The van der Waals surface area contributed by atoms with E-state index in [2.05, 4.69) is 30.4 Å². The Labute approximate surface area is 135 Å². The number of Topliss-reactive ketones (excluding diaryl/α,β-unsaturated/α-hetero) is 1. The summed E-state index contributed by atoms with van der Waals surface area (Å²) in [6.45, 7) is 0. The first-order chi connectivity index (χ1) is 10.7. The van der Waals surface area contributed by atoms with Gasteiger partial charge in [-0.2, -0.15) is 0 Å². The van der Waals surface area contributed by atoms with E-state index in [1.807, 2.05) is 12.1 Å². The van der Waals surface area contributed by atoms with Crippen molar-refractivity contribution in [2.45, 2.75) is 31.1 Å². The molecule has 3 aliphatic rings. The summed E-state index contributed by atoms with van der Waals surface area (Å²) in [4.78, 5) is 12.9. The van der Waals surface area contributed by atoms with E-state index in [1.54, 1.807) is 0 Å². The molecule has 22 heavy (non-hydrogen) atoms. The molecule has 2 aromatic rings. The molecule has 0 radical (unpaired) electrons. The standard InChI is InChI=1S/C20H17ClO/c21-18-3-1-2-13-10-17-14(9-16(13)18)5-7-19(22)20(17)11-12-4-6-15(20)8-12/h1-4,6,9-10,12,15H,5,7-8,11H2. The predicted octanol–water partition coefficient (Wildman–Crippen LogP) is 4.84. The molecule has 1 spiro atoms. The maximum absolute atomic E-state index is 12.9. The summed E-state index contributed by atoms with van der Waals surface area (Å²) in [5, 5.41) is 3.08. The van der Waals surface area contributed by atoms with Crippen molar-refractivity contribution in [3.05, 3.63) is 58.6 Å². The monoisotopic (exact) mass is 308 g/mol. The molecule has 2 heteroatoms. The van der Waals surface area contributed by atoms with Gasteiger partial charge in [-0.1, -0.05) is 35.9 Å². The quantitative estimate of drug-likeness (QED) is 0.636. The van der Waals surface area contributed by atoms with E-state index < -0.39 is 0 Å². The number of benzene rings is 2. The molecule has 1 saturated carbocycles. The number of carbonyl (C=O) groups is 1. The molecule has 0 aromatic heterocycles. The Morgan fingerprint density at radius 2 is 2.05 bits per heavy atom. The van der Waals surface area contributed by atoms with Gasteiger partial charge in [0, 0.05) is 16.8 Å². The Morgan fingerprint density at radius 1 is 1.14 bits per heavy atom. The van der Waals surface area contributed by atoms with Crippen molar-refractivity contribution in [3.63, 3.8) is 0 Å². The zero-order chi connectivity index (χ0) is 14.9. The van der Waals surface area contributed by atoms with Gasteiger partial charge in [-0.05, 0) is 65.8 Å². The lowest BCUT2D eigenvalue weighted by atomic mass is 9.62. The summed E-state index contributed by atoms with van der Waals surface area (Å²) in [5.41, 5.74) is 2.38. The van der Waals surface area contributed by atoms with Gasteiger partial charge >= 0.3 is 0 Å². The molecule has 110 valence electrons. The van der Waals surface area contributed by atoms with Crippen molar-refractivity contribution in [2.24, 2.45) is 11.8 Å². The number of rotatable bonds is 0. The molecule has 3 atom stereocenters. The first-order valence-corrected chi connectivity index (χ1v) is 8.49. The highest BCUT2D eigenvalue weighted by Crippen LogP contribution is 2.57. The fraction of sp³-hybridized carbons (Fsp3) is 0.350. The highest BCUT2D eigenvalue weighted by molar-refractivity contribution is 6.35. The van der Waals surface area contributed by atoms with Crippen LogP contribution in [0.5, 0.6) is 0 Å². The number of allylic oxidation sites excluding steroid dienone is 2. The van der Waals surface area contributed by atoms with E-state index in [-0.39, 0.29) is 5.41 Å². The third-order valence-electron chi connectivity index (χ3n) is 6.04. The van der Waals surface area contributed by atoms with Gasteiger partial charge in [-0.15, -0.1) is 0 Å². The van der Waals surface area contributed by atoms with Crippen LogP contribution in [0.2, 0.25) is 5.02 Å². The van der Waals surface area contributed by atoms with Crippen LogP contribution in [-0.2, 0) is 16.6 Å². The fourth-order valence-corrected chi connectivity index (χ4v) is 5.30. The van der Waals surface area contributed by atoms with E-state index in [4.69, 9.17) is 11.6 Å². The zero-order valence-electron chi connectivity index (χ0n) is 12.3. The maximum Gasteiger partial charge on any atom is 0.144 e. The van der Waals surface area contributed by atoms with Gasteiger partial charge < -0.3 is 0 Å². The van der Waals surface area contributed by atoms with Crippen molar-refractivity contribution in [3.8, 4) is 0 Å². The molecular formula is C20H17ClO. The average Bonchev–Trinajstić information content (AvgIpc) is 3.13. The number of hydrogen-bond donors (Lipinski definition) is 0. The van der Waals surface area contributed by atoms with E-state index >= 15 is 0 Å². The summed E-state index contributed by atoms with van der Waals surface area (Å²) < 4.78 is 0. The Balaban J connectivity index is 1.81. The van der Waals surface area contributed by atoms with Crippen LogP contribution in [-0.4, -0.2) is 5.78 Å². The lowest BCUT2D eigenvalue weighted by molar-refractivity contribution is -0.126. The summed E-state index contributed by atoms with van der Waals surface area (Å²) in [6.07, 6.45) is 8.31. The van der Waals surface area contributed by atoms with Crippen molar-refractivity contribution >= 4 is 28.2 Å². The number of aryl methyl sites for hydroxylation is 1. The molecule has 0 aliphatic heterocycles. The Bertz CT molecular complexity index is 850. The zero-order valence-corrected chi connectivity index (χ0v) is 13.1. The van der Waals surface area contributed by atoms with E-state index in [9.17, 15) is 4.79 Å². The van der Waals surface area contributed by atoms with Gasteiger partial charge in [-0.3, -0.25) is 4.79 Å². The van der Waals surface area contributed by atoms with Gasteiger partial charge in [-0.25, -0.2) is 0 Å². The largest absolute Gasteiger partial charge is 0.299 e. The van der Waals surface area contributed by atoms with Gasteiger partial charge in [0.1, 0.15) is 5.78 Å². The van der Waals surface area contributed by atoms with Crippen molar-refractivity contribution in [2.75, 3.05) is 0 Å². The van der Waals surface area contributed by atoms with Crippen LogP contribution >= 0.6 is 11.6 Å². The minimum absolute atomic E-state index is 0.247. The SMILES string of the molecule is O=C1CCc2cc3c(Cl)cccc3cc2C12CC1C=CC2C1. The van der Waals surface area contributed by atoms with Crippen LogP contribution in [0.4, 0.5) is 0 Å². The molecule has 0 saturated heterocycles. The van der Waals surface area contributed by atoms with Crippen molar-refractivity contribution < 1.29 is 4.79 Å². The Kier molecular flexibility index (Phi) is 2.48. The third kappa shape index (κ3) is 1.48. The predicted molar refractivity (Wildman–Crippen MR) is 89.3 cm³/mol. The van der Waals surface area contributed by atoms with Crippen molar-refractivity contribution in [1.29, 1.82) is 0 Å². The lowest BCUT2D eigenvalue weighted by Gasteiger charge is -2.39. The lowest BCUT2D eigenvalue weighted by Crippen LogP contribution is -2.43. The number of carbonyl (C=O) groups excluding carboxylic acids is 1. The van der Waals surface area contributed by atoms with E-state index in [0.717, 1.165) is 35.1 Å². The van der Waals surface area contributed by atoms with Crippen LogP contribution < -0.4 is 0 Å². The highest BCUT2D eigenvalue weighted by atomic mass is 35.5. The van der Waals surface area contributed by atoms with Gasteiger partial charge in [0.15, 0.2) is 0 Å². The molecule has 2 bridgehead atoms. The minimum atomic E-state index is -0.247. The molecule has 3 aliphatic carbocycles. The Hall–Kier alpha value is -1.60. The van der Waals surface area contributed by atoms with Gasteiger partial charge in [0.25, 0.3) is 0 Å². The van der Waals surface area contributed by atoms with Crippen LogP contribution in [0.25, 0.3) is 10.8 Å². The van der Waals surface area contributed by atoms with E-state index in [0.29, 0.717) is 24.0 Å². The first-order valence-electron chi connectivity index (χ1n) is 8.12. The molecule has 5 rings (SSSR count). The smallest absolute Gasteiger partial charge is 0.144 e. The number of fused-ring (bicyclic) bond motifs is 6. The number of halogens is 1. The average molecular weight is 309 g/mol. The van der Waals surface area contributed by atoms with Gasteiger partial charge in [0.2, 0.25) is 0 Å². The molecule has 0 N–H and O–H groups in total. The first kappa shape index (κ1) is 12.9. The highest BCUT2D eigenvalue weighted by Gasteiger charge is 2.55. The second-order valence-corrected chi connectivity index (χ2v) is 7.46. The molecule has 0 amide bonds. The van der Waals surface area contributed by atoms with Crippen LogP contribution in [0.15, 0.2) is 42.5 Å². The van der Waals surface area contributed by atoms with E-state index in [1.165, 1.54) is 11.1 Å². The van der Waals surface area contributed by atoms with Crippen molar-refractivity contribution in [1.82, 2.24) is 0 Å². The fourth-order valence-electron chi connectivity index (χ4n) is 5.06. The molecule has 2 aromatic carbocycles. The minimum Gasteiger partial charge on any atom is -0.299 e. The number of ketones is 1.